The van der Waals surface area contributed by atoms with E-state index in [0.717, 1.165) is 31.6 Å². The summed E-state index contributed by atoms with van der Waals surface area (Å²) < 4.78 is 0. The summed E-state index contributed by atoms with van der Waals surface area (Å²) in [5.41, 5.74) is 6.13. The Balaban J connectivity index is 1.93. The van der Waals surface area contributed by atoms with Gasteiger partial charge in [0, 0.05) is 17.9 Å². The van der Waals surface area contributed by atoms with Crippen molar-refractivity contribution in [2.24, 2.45) is 23.5 Å². The molecule has 4 atom stereocenters. The molecule has 0 saturated heterocycles. The minimum atomic E-state index is 0.151. The minimum Gasteiger partial charge on any atom is -0.327 e. The highest BCUT2D eigenvalue weighted by molar-refractivity contribution is 5.84. The van der Waals surface area contributed by atoms with E-state index in [-0.39, 0.29) is 12.0 Å². The van der Waals surface area contributed by atoms with Crippen LogP contribution in [-0.2, 0) is 4.79 Å². The molecule has 0 spiro atoms. The first kappa shape index (κ1) is 13.1. The van der Waals surface area contributed by atoms with Crippen molar-refractivity contribution in [3.8, 4) is 0 Å². The summed E-state index contributed by atoms with van der Waals surface area (Å²) >= 11 is 0. The van der Waals surface area contributed by atoms with Crippen molar-refractivity contribution in [3.63, 3.8) is 0 Å². The Labute approximate surface area is 105 Å². The fourth-order valence-electron chi connectivity index (χ4n) is 3.74. The molecule has 0 aromatic rings. The first-order chi connectivity index (χ1) is 8.22. The van der Waals surface area contributed by atoms with Gasteiger partial charge in [0.05, 0.1) is 0 Å². The maximum Gasteiger partial charge on any atom is 0.140 e. The number of carbonyl (C=O) groups excluding carboxylic acids is 1. The lowest BCUT2D eigenvalue weighted by atomic mass is 9.72. The molecule has 2 fully saturated rings. The van der Waals surface area contributed by atoms with Crippen LogP contribution in [0.15, 0.2) is 0 Å². The maximum atomic E-state index is 12.5. The highest BCUT2D eigenvalue weighted by atomic mass is 16.1. The molecule has 0 aromatic heterocycles. The average Bonchev–Trinajstić information content (AvgIpc) is 2.38. The zero-order valence-electron chi connectivity index (χ0n) is 11.2. The lowest BCUT2D eigenvalue weighted by Crippen LogP contribution is -2.41. The molecular weight excluding hydrogens is 210 g/mol. The maximum absolute atomic E-state index is 12.5. The molecule has 17 heavy (non-hydrogen) atoms. The number of hydrogen-bond acceptors (Lipinski definition) is 2. The molecule has 0 radical (unpaired) electrons. The summed E-state index contributed by atoms with van der Waals surface area (Å²) in [4.78, 5) is 12.5. The predicted octanol–water partition coefficient (Wildman–Crippen LogP) is 3.29. The van der Waals surface area contributed by atoms with Gasteiger partial charge in [-0.2, -0.15) is 0 Å². The summed E-state index contributed by atoms with van der Waals surface area (Å²) in [6.45, 7) is 2.25. The number of rotatable bonds is 3. The second kappa shape index (κ2) is 5.99. The molecule has 4 unspecified atom stereocenters. The number of hydrogen-bond donors (Lipinski definition) is 1. The molecule has 2 nitrogen and oxygen atoms in total. The molecule has 0 aromatic carbocycles. The predicted molar refractivity (Wildman–Crippen MR) is 70.7 cm³/mol. The van der Waals surface area contributed by atoms with E-state index in [1.165, 1.54) is 32.1 Å². The van der Waals surface area contributed by atoms with Gasteiger partial charge in [-0.1, -0.05) is 39.0 Å². The Morgan fingerprint density at radius 3 is 2.59 bits per heavy atom. The molecule has 2 aliphatic carbocycles. The van der Waals surface area contributed by atoms with Crippen LogP contribution >= 0.6 is 0 Å². The molecule has 0 bridgehead atoms. The van der Waals surface area contributed by atoms with Gasteiger partial charge in [-0.05, 0) is 31.6 Å². The van der Waals surface area contributed by atoms with Crippen molar-refractivity contribution in [1.29, 1.82) is 0 Å². The Bertz CT molecular complexity index is 264. The van der Waals surface area contributed by atoms with Crippen LogP contribution < -0.4 is 5.73 Å². The van der Waals surface area contributed by atoms with Gasteiger partial charge < -0.3 is 5.73 Å². The van der Waals surface area contributed by atoms with Gasteiger partial charge in [-0.3, -0.25) is 4.79 Å². The van der Waals surface area contributed by atoms with E-state index >= 15 is 0 Å². The second-order valence-corrected chi connectivity index (χ2v) is 6.09. The van der Waals surface area contributed by atoms with E-state index in [0.29, 0.717) is 11.7 Å². The zero-order chi connectivity index (χ0) is 12.3. The first-order valence-corrected chi connectivity index (χ1v) is 7.51. The fraction of sp³-hybridized carbons (Fsp3) is 0.933. The van der Waals surface area contributed by atoms with Crippen LogP contribution in [-0.4, -0.2) is 11.8 Å². The van der Waals surface area contributed by atoms with Crippen LogP contribution in [0.5, 0.6) is 0 Å². The van der Waals surface area contributed by atoms with Crippen LogP contribution in [0.3, 0.4) is 0 Å². The average molecular weight is 237 g/mol. The van der Waals surface area contributed by atoms with Crippen LogP contribution in [0.2, 0.25) is 0 Å². The zero-order valence-corrected chi connectivity index (χ0v) is 11.2. The summed E-state index contributed by atoms with van der Waals surface area (Å²) in [5.74, 6) is 1.82. The SMILES string of the molecule is CCC1CCCC(C(=O)C2CCCCC2N)C1. The number of carbonyl (C=O) groups is 1. The molecule has 0 heterocycles. The van der Waals surface area contributed by atoms with Crippen molar-refractivity contribution in [1.82, 2.24) is 0 Å². The third-order valence-electron chi connectivity index (χ3n) is 4.95. The van der Waals surface area contributed by atoms with E-state index < -0.39 is 0 Å². The van der Waals surface area contributed by atoms with Crippen molar-refractivity contribution >= 4 is 5.78 Å². The minimum absolute atomic E-state index is 0.151. The number of ketones is 1. The molecule has 2 heteroatoms. The lowest BCUT2D eigenvalue weighted by molar-refractivity contribution is -0.129. The molecule has 2 aliphatic rings. The van der Waals surface area contributed by atoms with E-state index in [1.54, 1.807) is 0 Å². The van der Waals surface area contributed by atoms with Gasteiger partial charge in [0.15, 0.2) is 0 Å². The monoisotopic (exact) mass is 237 g/mol. The van der Waals surface area contributed by atoms with E-state index in [4.69, 9.17) is 5.73 Å². The molecule has 98 valence electrons. The van der Waals surface area contributed by atoms with Gasteiger partial charge >= 0.3 is 0 Å². The Kier molecular flexibility index (Phi) is 4.61. The Morgan fingerprint density at radius 2 is 1.88 bits per heavy atom. The molecular formula is C15H27NO. The number of Topliss-reactive ketones (excluding diaryl/α,β-unsaturated/α-hetero) is 1. The Morgan fingerprint density at radius 1 is 1.12 bits per heavy atom. The largest absolute Gasteiger partial charge is 0.327 e. The molecule has 2 saturated carbocycles. The summed E-state index contributed by atoms with van der Waals surface area (Å²) in [6.07, 6.45) is 10.6. The summed E-state index contributed by atoms with van der Waals surface area (Å²) in [7, 11) is 0. The molecule has 2 N–H and O–H groups in total. The smallest absolute Gasteiger partial charge is 0.140 e. The topological polar surface area (TPSA) is 43.1 Å². The molecule has 0 aliphatic heterocycles. The summed E-state index contributed by atoms with van der Waals surface area (Å²) in [5, 5.41) is 0. The third-order valence-corrected chi connectivity index (χ3v) is 4.95. The highest BCUT2D eigenvalue weighted by Gasteiger charge is 2.34. The highest BCUT2D eigenvalue weighted by Crippen LogP contribution is 2.35. The van der Waals surface area contributed by atoms with E-state index in [9.17, 15) is 4.79 Å². The van der Waals surface area contributed by atoms with Crippen LogP contribution in [0.25, 0.3) is 0 Å². The lowest BCUT2D eigenvalue weighted by Gasteiger charge is -2.34. The van der Waals surface area contributed by atoms with Crippen molar-refractivity contribution < 1.29 is 4.79 Å². The van der Waals surface area contributed by atoms with Gasteiger partial charge in [0.2, 0.25) is 0 Å². The third kappa shape index (κ3) is 3.09. The fourth-order valence-corrected chi connectivity index (χ4v) is 3.74. The standard InChI is InChI=1S/C15H27NO/c1-2-11-6-5-7-12(10-11)15(17)13-8-3-4-9-14(13)16/h11-14H,2-10,16H2,1H3. The number of nitrogens with two attached hydrogens (primary N) is 1. The van der Waals surface area contributed by atoms with Gasteiger partial charge in [-0.25, -0.2) is 0 Å². The van der Waals surface area contributed by atoms with Crippen LogP contribution in [0.4, 0.5) is 0 Å². The van der Waals surface area contributed by atoms with E-state index in [2.05, 4.69) is 6.92 Å². The first-order valence-electron chi connectivity index (χ1n) is 7.51. The second-order valence-electron chi connectivity index (χ2n) is 6.09. The van der Waals surface area contributed by atoms with Gasteiger partial charge in [0.25, 0.3) is 0 Å². The van der Waals surface area contributed by atoms with Crippen molar-refractivity contribution in [2.45, 2.75) is 70.8 Å². The summed E-state index contributed by atoms with van der Waals surface area (Å²) in [6, 6.07) is 0.151. The Hall–Kier alpha value is -0.370. The molecule has 2 rings (SSSR count). The van der Waals surface area contributed by atoms with Gasteiger partial charge in [-0.15, -0.1) is 0 Å². The van der Waals surface area contributed by atoms with Crippen LogP contribution in [0.1, 0.15) is 64.7 Å². The van der Waals surface area contributed by atoms with Crippen LogP contribution in [0, 0.1) is 17.8 Å². The normalized spacial score (nSPS) is 38.9. The van der Waals surface area contributed by atoms with Crippen molar-refractivity contribution in [2.75, 3.05) is 0 Å². The van der Waals surface area contributed by atoms with Crippen molar-refractivity contribution in [3.05, 3.63) is 0 Å². The van der Waals surface area contributed by atoms with Gasteiger partial charge in [0.1, 0.15) is 5.78 Å². The quantitative estimate of drug-likeness (QED) is 0.818. The molecule has 0 amide bonds. The van der Waals surface area contributed by atoms with E-state index in [1.807, 2.05) is 0 Å².